The van der Waals surface area contributed by atoms with Crippen molar-refractivity contribution in [1.82, 2.24) is 0 Å². The molecule has 10 aliphatic rings. The summed E-state index contributed by atoms with van der Waals surface area (Å²) >= 11 is 0. The molecule has 1 spiro atoms. The van der Waals surface area contributed by atoms with Crippen LogP contribution in [0.3, 0.4) is 0 Å². The van der Waals surface area contributed by atoms with Gasteiger partial charge in [-0.15, -0.1) is 0 Å². The summed E-state index contributed by atoms with van der Waals surface area (Å²) in [5, 5.41) is 152. The Kier molecular flexibility index (Phi) is 16.9. The van der Waals surface area contributed by atoms with Crippen LogP contribution >= 0.6 is 0 Å². The Morgan fingerprint density at radius 1 is 0.493 bits per heavy atom. The van der Waals surface area contributed by atoms with Crippen molar-refractivity contribution in [2.45, 2.75) is 232 Å². The zero-order valence-corrected chi connectivity index (χ0v) is 43.1. The highest BCUT2D eigenvalue weighted by Crippen LogP contribution is 2.71. The van der Waals surface area contributed by atoms with Crippen molar-refractivity contribution < 1.29 is 119 Å². The van der Waals surface area contributed by atoms with Gasteiger partial charge in [0.15, 0.2) is 30.9 Å². The second-order valence-corrected chi connectivity index (χ2v) is 24.5. The third kappa shape index (κ3) is 9.79. The minimum atomic E-state index is -2.06. The maximum Gasteiger partial charge on any atom is 0.187 e. The van der Waals surface area contributed by atoms with Crippen LogP contribution in [-0.4, -0.2) is 251 Å². The molecule has 24 heteroatoms. The molecule has 0 aromatic heterocycles. The molecule has 5 unspecified atom stereocenters. The summed E-state index contributed by atoms with van der Waals surface area (Å²) in [6.07, 6.45) is -30.3. The molecular formula is C51H84O24. The van der Waals surface area contributed by atoms with Gasteiger partial charge in [0.05, 0.1) is 51.3 Å². The molecule has 0 bridgehead atoms. The van der Waals surface area contributed by atoms with Crippen molar-refractivity contribution in [2.75, 3.05) is 33.0 Å². The average Bonchev–Trinajstić information content (AvgIpc) is 3.84. The molecular weight excluding hydrogens is 997 g/mol. The van der Waals surface area contributed by atoms with Crippen molar-refractivity contribution >= 4 is 0 Å². The van der Waals surface area contributed by atoms with Crippen LogP contribution in [-0.2, 0) is 47.4 Å². The van der Waals surface area contributed by atoms with Gasteiger partial charge in [-0.3, -0.25) is 0 Å². The SMILES string of the molecule is C[C@H]1CC[C@@]2(OC1)OC1CC3C4CC[C@H]5C[C@@H](O[C@@H]6O[C@H](CO)[C@H](O[C@@H]7O[C@H](CO)[C@@H](O)[C@H](O[C@@H]8O[C@H](CO)[C@@H](O)[C@H](O)[C@H]8O)[C@H]7O[C@H]7O[C@H](CO)[C@@H](O)[C@H](O)[C@H]7O)[C@H](O)[C@H]6O)[C@H](O)C[C@]5(C)C4CC[C@]3(C)C1[C@@H]2C. The molecule has 432 valence electrons. The van der Waals surface area contributed by atoms with E-state index in [0.29, 0.717) is 48.3 Å². The molecule has 6 saturated heterocycles. The Labute approximate surface area is 435 Å². The van der Waals surface area contributed by atoms with Crippen molar-refractivity contribution in [1.29, 1.82) is 0 Å². The topological polar surface area (TPSA) is 376 Å². The number of hydrogen-bond donors (Lipinski definition) is 14. The molecule has 4 saturated carbocycles. The Balaban J connectivity index is 0.831. The third-order valence-electron chi connectivity index (χ3n) is 20.4. The van der Waals surface area contributed by atoms with Crippen molar-refractivity contribution in [3.63, 3.8) is 0 Å². The summed E-state index contributed by atoms with van der Waals surface area (Å²) in [6, 6.07) is 0. The predicted molar refractivity (Wildman–Crippen MR) is 250 cm³/mol. The smallest absolute Gasteiger partial charge is 0.187 e. The van der Waals surface area contributed by atoms with Gasteiger partial charge in [0.2, 0.25) is 0 Å². The van der Waals surface area contributed by atoms with E-state index in [0.717, 1.165) is 51.6 Å². The van der Waals surface area contributed by atoms with Gasteiger partial charge >= 0.3 is 0 Å². The van der Waals surface area contributed by atoms with Gasteiger partial charge in [-0.1, -0.05) is 27.7 Å². The second kappa shape index (κ2) is 22.1. The zero-order valence-electron chi connectivity index (χ0n) is 43.1. The first kappa shape index (κ1) is 57.3. The van der Waals surface area contributed by atoms with Crippen LogP contribution in [0.25, 0.3) is 0 Å². The van der Waals surface area contributed by atoms with E-state index in [9.17, 15) is 71.5 Å². The van der Waals surface area contributed by atoms with Crippen LogP contribution in [0.5, 0.6) is 0 Å². The van der Waals surface area contributed by atoms with Crippen LogP contribution in [0, 0.1) is 52.3 Å². The molecule has 10 rings (SSSR count). The lowest BCUT2D eigenvalue weighted by Gasteiger charge is -2.62. The second-order valence-electron chi connectivity index (χ2n) is 24.5. The maximum atomic E-state index is 12.0. The van der Waals surface area contributed by atoms with Crippen LogP contribution < -0.4 is 0 Å². The lowest BCUT2D eigenvalue weighted by molar-refractivity contribution is -0.407. The summed E-state index contributed by atoms with van der Waals surface area (Å²) in [7, 11) is 0. The summed E-state index contributed by atoms with van der Waals surface area (Å²) in [4.78, 5) is 0. The lowest BCUT2D eigenvalue weighted by atomic mass is 9.44. The minimum absolute atomic E-state index is 0.121. The van der Waals surface area contributed by atoms with Gasteiger partial charge in [0.1, 0.15) is 97.7 Å². The lowest BCUT2D eigenvalue weighted by Crippen LogP contribution is -2.69. The summed E-state index contributed by atoms with van der Waals surface area (Å²) in [6.45, 7) is 6.57. The van der Waals surface area contributed by atoms with Gasteiger partial charge in [0, 0.05) is 12.3 Å². The van der Waals surface area contributed by atoms with E-state index < -0.39 is 167 Å². The van der Waals surface area contributed by atoms with E-state index in [4.69, 9.17) is 47.4 Å². The Bertz CT molecular complexity index is 1910. The first-order chi connectivity index (χ1) is 35.6. The third-order valence-corrected chi connectivity index (χ3v) is 20.4. The summed E-state index contributed by atoms with van der Waals surface area (Å²) in [5.74, 6) is 2.26. The number of aliphatic hydroxyl groups is 14. The highest BCUT2D eigenvalue weighted by molar-refractivity contribution is 5.16. The Morgan fingerprint density at radius 3 is 1.64 bits per heavy atom. The molecule has 0 aromatic carbocycles. The number of rotatable bonds is 12. The normalized spacial score (nSPS) is 58.0. The largest absolute Gasteiger partial charge is 0.394 e. The van der Waals surface area contributed by atoms with Gasteiger partial charge in [-0.05, 0) is 97.7 Å². The molecule has 75 heavy (non-hydrogen) atoms. The molecule has 10 fully saturated rings. The van der Waals surface area contributed by atoms with Gasteiger partial charge in [-0.2, -0.15) is 0 Å². The van der Waals surface area contributed by atoms with E-state index in [1.54, 1.807) is 0 Å². The highest BCUT2D eigenvalue weighted by Gasteiger charge is 2.70. The molecule has 4 aliphatic carbocycles. The fourth-order valence-electron chi connectivity index (χ4n) is 16.2. The van der Waals surface area contributed by atoms with Crippen LogP contribution in [0.2, 0.25) is 0 Å². The molecule has 0 aromatic rings. The summed E-state index contributed by atoms with van der Waals surface area (Å²) < 4.78 is 61.2. The Morgan fingerprint density at radius 2 is 1.04 bits per heavy atom. The van der Waals surface area contributed by atoms with E-state index in [-0.39, 0.29) is 22.9 Å². The van der Waals surface area contributed by atoms with E-state index in [1.807, 2.05) is 0 Å². The molecule has 6 heterocycles. The number of hydrogen-bond acceptors (Lipinski definition) is 24. The highest BCUT2D eigenvalue weighted by atomic mass is 16.8. The number of fused-ring (bicyclic) bond motifs is 7. The summed E-state index contributed by atoms with van der Waals surface area (Å²) in [5.41, 5.74) is -0.0790. The molecule has 33 atom stereocenters. The maximum absolute atomic E-state index is 12.0. The van der Waals surface area contributed by atoms with Gasteiger partial charge in [0.25, 0.3) is 0 Å². The predicted octanol–water partition coefficient (Wildman–Crippen LogP) is -3.94. The first-order valence-electron chi connectivity index (χ1n) is 27.4. The van der Waals surface area contributed by atoms with Gasteiger partial charge < -0.3 is 119 Å². The molecule has 0 amide bonds. The number of aliphatic hydroxyl groups excluding tert-OH is 14. The fraction of sp³-hybridized carbons (Fsp3) is 1.00. The van der Waals surface area contributed by atoms with E-state index >= 15 is 0 Å². The van der Waals surface area contributed by atoms with E-state index in [1.165, 1.54) is 0 Å². The Hall–Kier alpha value is -0.960. The van der Waals surface area contributed by atoms with Crippen molar-refractivity contribution in [3.8, 4) is 0 Å². The number of ether oxygens (including phenoxy) is 10. The quantitative estimate of drug-likeness (QED) is 0.0830. The fourth-order valence-corrected chi connectivity index (χ4v) is 16.2. The molecule has 0 radical (unpaired) electrons. The molecule has 24 nitrogen and oxygen atoms in total. The van der Waals surface area contributed by atoms with Crippen molar-refractivity contribution in [3.05, 3.63) is 0 Å². The zero-order chi connectivity index (χ0) is 53.8. The van der Waals surface area contributed by atoms with Gasteiger partial charge in [-0.25, -0.2) is 0 Å². The van der Waals surface area contributed by atoms with Crippen molar-refractivity contribution in [2.24, 2.45) is 52.3 Å². The van der Waals surface area contributed by atoms with Crippen LogP contribution in [0.1, 0.15) is 85.5 Å². The molecule has 14 N–H and O–H groups in total. The van der Waals surface area contributed by atoms with Crippen LogP contribution in [0.4, 0.5) is 0 Å². The monoisotopic (exact) mass is 1080 g/mol. The molecule has 6 aliphatic heterocycles. The van der Waals surface area contributed by atoms with E-state index in [2.05, 4.69) is 27.7 Å². The first-order valence-corrected chi connectivity index (χ1v) is 27.4. The minimum Gasteiger partial charge on any atom is -0.394 e. The average molecular weight is 1080 g/mol. The van der Waals surface area contributed by atoms with Crippen LogP contribution in [0.15, 0.2) is 0 Å². The standard InChI is InChI=1S/C51H84O24/c1-19-7-10-51(66-18-19)20(2)32-27(75-51)12-24-22-6-5-21-11-26(25(56)13-50(21,4)23(22)8-9-49(24,32)3)67-45-41(65)38(62)42(31(17-55)71-45)72-48-44(74-47-40(64)37(61)34(58)29(15-53)69-47)43(35(59)30(16-54)70-48)73-46-39(63)36(60)33(57)28(14-52)68-46/h19-48,52-65H,5-18H2,1-4H3/t19-,20-,21-,22?,23?,24?,25+,26+,27?,28+,29+,30+,31+,32?,33+,34+,35+,36-,37-,38+,39+,40+,41+,42-,43-,44+,45+,46-,47+,48-,49-,50-,51+/m0/s1.